The number of urea groups is 1. The van der Waals surface area contributed by atoms with E-state index in [1.165, 1.54) is 5.57 Å². The van der Waals surface area contributed by atoms with Crippen molar-refractivity contribution in [1.29, 1.82) is 0 Å². The minimum atomic E-state index is -4.58. The zero-order valence-corrected chi connectivity index (χ0v) is 25.2. The van der Waals surface area contributed by atoms with Crippen LogP contribution in [0.3, 0.4) is 0 Å². The number of amides is 3. The largest absolute Gasteiger partial charge is 0.481 e. The van der Waals surface area contributed by atoms with Crippen molar-refractivity contribution in [2.75, 3.05) is 11.9 Å². The average molecular weight is 655 g/mol. The lowest BCUT2D eigenvalue weighted by molar-refractivity contribution is -0.136. The lowest BCUT2D eigenvalue weighted by atomic mass is 9.91. The third-order valence-corrected chi connectivity index (χ3v) is 8.41. The molecule has 13 heteroatoms. The van der Waals surface area contributed by atoms with E-state index in [0.717, 1.165) is 60.3 Å². The Kier molecular flexibility index (Phi) is 10.0. The fourth-order valence-corrected chi connectivity index (χ4v) is 6.13. The molecule has 4 N–H and O–H groups in total. The highest BCUT2D eigenvalue weighted by atomic mass is 32.1. The van der Waals surface area contributed by atoms with Gasteiger partial charge in [0.1, 0.15) is 5.82 Å². The molecule has 0 fully saturated rings. The second-order valence-corrected chi connectivity index (χ2v) is 11.9. The molecule has 1 atom stereocenters. The van der Waals surface area contributed by atoms with E-state index in [4.69, 9.17) is 5.11 Å². The first kappa shape index (κ1) is 32.6. The molecule has 1 aliphatic rings. The summed E-state index contributed by atoms with van der Waals surface area (Å²) in [6.45, 7) is -0.0227. The molecule has 1 heterocycles. The summed E-state index contributed by atoms with van der Waals surface area (Å²) in [5, 5.41) is 16.9. The number of nitrogens with zero attached hydrogens (tertiary/aromatic N) is 1. The number of thiazole rings is 1. The summed E-state index contributed by atoms with van der Waals surface area (Å²) in [5.74, 6) is -2.50. The molecular weight excluding hydrogens is 624 g/mol. The maximum absolute atomic E-state index is 14.3. The molecule has 0 aliphatic heterocycles. The summed E-state index contributed by atoms with van der Waals surface area (Å²) in [6, 6.07) is 15.0. The first-order valence-electron chi connectivity index (χ1n) is 14.6. The van der Waals surface area contributed by atoms with Crippen LogP contribution in [-0.4, -0.2) is 40.7 Å². The quantitative estimate of drug-likeness (QED) is 0.131. The number of hydrogen-bond acceptors (Lipinski definition) is 5. The van der Waals surface area contributed by atoms with Gasteiger partial charge in [-0.1, -0.05) is 53.8 Å². The van der Waals surface area contributed by atoms with Crippen molar-refractivity contribution in [3.05, 3.63) is 100 Å². The summed E-state index contributed by atoms with van der Waals surface area (Å²) in [6.07, 6.45) is 0.321. The topological polar surface area (TPSA) is 120 Å². The van der Waals surface area contributed by atoms with Crippen LogP contribution in [0, 0.1) is 5.82 Å². The van der Waals surface area contributed by atoms with Gasteiger partial charge in [-0.3, -0.25) is 14.9 Å². The van der Waals surface area contributed by atoms with E-state index in [2.05, 4.69) is 27.0 Å². The normalized spacial score (nSPS) is 14.0. The van der Waals surface area contributed by atoms with Crippen LogP contribution in [0.25, 0.3) is 15.8 Å². The number of rotatable bonds is 10. The van der Waals surface area contributed by atoms with Gasteiger partial charge in [-0.15, -0.1) is 0 Å². The van der Waals surface area contributed by atoms with Gasteiger partial charge >= 0.3 is 18.2 Å². The Labute approximate surface area is 265 Å². The zero-order valence-electron chi connectivity index (χ0n) is 24.4. The Morgan fingerprint density at radius 1 is 0.978 bits per heavy atom. The number of nitrogens with one attached hydrogen (secondary N) is 3. The maximum Gasteiger partial charge on any atom is 0.393 e. The highest BCUT2D eigenvalue weighted by Gasteiger charge is 2.29. The lowest BCUT2D eigenvalue weighted by Crippen LogP contribution is -2.33. The van der Waals surface area contributed by atoms with Crippen molar-refractivity contribution >= 4 is 50.2 Å². The molecule has 0 spiro atoms. The third-order valence-electron chi connectivity index (χ3n) is 7.48. The Morgan fingerprint density at radius 2 is 1.67 bits per heavy atom. The van der Waals surface area contributed by atoms with E-state index in [9.17, 15) is 31.9 Å². The molecule has 3 aromatic carbocycles. The van der Waals surface area contributed by atoms with Gasteiger partial charge in [-0.25, -0.2) is 14.2 Å². The molecule has 5 rings (SSSR count). The number of alkyl halides is 3. The van der Waals surface area contributed by atoms with E-state index < -0.39 is 47.9 Å². The monoisotopic (exact) mass is 654 g/mol. The second kappa shape index (κ2) is 14.1. The molecule has 0 bridgehead atoms. The van der Waals surface area contributed by atoms with Gasteiger partial charge in [0.25, 0.3) is 5.91 Å². The average Bonchev–Trinajstić information content (AvgIpc) is 3.40. The molecule has 0 saturated carbocycles. The van der Waals surface area contributed by atoms with Gasteiger partial charge in [0.05, 0.1) is 29.1 Å². The highest BCUT2D eigenvalue weighted by Crippen LogP contribution is 2.32. The molecule has 4 aromatic rings. The Balaban J connectivity index is 1.36. The molecule has 3 amide bonds. The number of carboxylic acids is 1. The number of hydrogen-bond donors (Lipinski definition) is 4. The van der Waals surface area contributed by atoms with Crippen LogP contribution < -0.4 is 16.0 Å². The standard InChI is InChI=1S/C33H30F4N4O4S/c34-25-17-26-27(16-24(25)18-33(35,36)37)46-32(39-26)41-31(45)40-29(21-8-6-20(7-9-21)19-4-2-1-3-5-19)22-10-12-23(13-11-22)30(44)38-15-14-28(42)43/h4,6-13,16-17,29H,1-3,5,14-15,18H2,(H,38,44)(H,42,43)(H2,39,40,41,45). The van der Waals surface area contributed by atoms with Crippen LogP contribution >= 0.6 is 11.3 Å². The zero-order chi connectivity index (χ0) is 32.8. The number of allylic oxidation sites excluding steroid dienone is 2. The van der Waals surface area contributed by atoms with Crippen molar-refractivity contribution in [2.45, 2.75) is 50.7 Å². The van der Waals surface area contributed by atoms with Gasteiger partial charge in [-0.05, 0) is 71.7 Å². The minimum Gasteiger partial charge on any atom is -0.481 e. The molecule has 46 heavy (non-hydrogen) atoms. The second-order valence-electron chi connectivity index (χ2n) is 10.9. The Morgan fingerprint density at radius 3 is 2.30 bits per heavy atom. The molecule has 0 radical (unpaired) electrons. The fourth-order valence-electron chi connectivity index (χ4n) is 5.22. The highest BCUT2D eigenvalue weighted by molar-refractivity contribution is 7.22. The first-order chi connectivity index (χ1) is 21.9. The van der Waals surface area contributed by atoms with Crippen LogP contribution in [0.4, 0.5) is 27.5 Å². The molecular formula is C33H30F4N4O4S. The van der Waals surface area contributed by atoms with E-state index in [1.54, 1.807) is 24.3 Å². The van der Waals surface area contributed by atoms with Crippen LogP contribution in [-0.2, 0) is 11.2 Å². The van der Waals surface area contributed by atoms with Gasteiger partial charge in [0, 0.05) is 18.2 Å². The summed E-state index contributed by atoms with van der Waals surface area (Å²) in [4.78, 5) is 40.6. The Bertz CT molecular complexity index is 1770. The number of carbonyl (C=O) groups is 3. The number of carbonyl (C=O) groups excluding carboxylic acids is 2. The molecule has 8 nitrogen and oxygen atoms in total. The van der Waals surface area contributed by atoms with Crippen molar-refractivity contribution < 1.29 is 37.1 Å². The number of carboxylic acid groups (broad SMARTS) is 1. The van der Waals surface area contributed by atoms with Crippen LogP contribution in [0.15, 0.2) is 66.7 Å². The molecule has 240 valence electrons. The molecule has 1 aromatic heterocycles. The van der Waals surface area contributed by atoms with E-state index >= 15 is 0 Å². The molecule has 1 unspecified atom stereocenters. The van der Waals surface area contributed by atoms with Gasteiger partial charge in [0.2, 0.25) is 0 Å². The number of anilines is 1. The summed E-state index contributed by atoms with van der Waals surface area (Å²) >= 11 is 0.920. The van der Waals surface area contributed by atoms with E-state index in [1.807, 2.05) is 24.3 Å². The third kappa shape index (κ3) is 8.47. The van der Waals surface area contributed by atoms with Gasteiger partial charge < -0.3 is 15.7 Å². The summed E-state index contributed by atoms with van der Waals surface area (Å²) < 4.78 is 53.2. The van der Waals surface area contributed by atoms with E-state index in [-0.39, 0.29) is 28.3 Å². The van der Waals surface area contributed by atoms with Crippen molar-refractivity contribution in [2.24, 2.45) is 0 Å². The maximum atomic E-state index is 14.3. The SMILES string of the molecule is O=C(O)CCNC(=O)c1ccc(C(NC(=O)Nc2nc3cc(F)c(CC(F)(F)F)cc3s2)c2ccc(C3=CCCCC3)cc2)cc1. The number of benzene rings is 3. The molecule has 0 saturated heterocycles. The van der Waals surface area contributed by atoms with Crippen LogP contribution in [0.2, 0.25) is 0 Å². The van der Waals surface area contributed by atoms with Crippen LogP contribution in [0.5, 0.6) is 0 Å². The molecule has 1 aliphatic carbocycles. The number of aliphatic carboxylic acids is 1. The lowest BCUT2D eigenvalue weighted by Gasteiger charge is -2.21. The van der Waals surface area contributed by atoms with Crippen molar-refractivity contribution in [3.63, 3.8) is 0 Å². The minimum absolute atomic E-state index is 0.0227. The fraction of sp³-hybridized carbons (Fsp3) is 0.273. The van der Waals surface area contributed by atoms with E-state index in [0.29, 0.717) is 11.1 Å². The number of aromatic nitrogens is 1. The number of halogens is 4. The number of fused-ring (bicyclic) bond motifs is 1. The van der Waals surface area contributed by atoms with Gasteiger partial charge in [0.15, 0.2) is 5.13 Å². The smallest absolute Gasteiger partial charge is 0.393 e. The Hall–Kier alpha value is -4.78. The predicted molar refractivity (Wildman–Crippen MR) is 167 cm³/mol. The van der Waals surface area contributed by atoms with Crippen molar-refractivity contribution in [3.8, 4) is 0 Å². The predicted octanol–water partition coefficient (Wildman–Crippen LogP) is 7.61. The summed E-state index contributed by atoms with van der Waals surface area (Å²) in [7, 11) is 0. The first-order valence-corrected chi connectivity index (χ1v) is 15.4. The van der Waals surface area contributed by atoms with Crippen LogP contribution in [0.1, 0.15) is 70.8 Å². The summed E-state index contributed by atoms with van der Waals surface area (Å²) in [5.41, 5.74) is 3.66. The van der Waals surface area contributed by atoms with Crippen molar-refractivity contribution in [1.82, 2.24) is 15.6 Å². The van der Waals surface area contributed by atoms with Gasteiger partial charge in [-0.2, -0.15) is 13.2 Å².